The number of fused-ring (bicyclic) bond motifs is 13. The molecule has 298 valence electrons. The average Bonchev–Trinajstić information content (AvgIpc) is 4.12. The van der Waals surface area contributed by atoms with Gasteiger partial charge in [0.15, 0.2) is 5.58 Å². The van der Waals surface area contributed by atoms with Gasteiger partial charge in [0.25, 0.3) is 0 Å². The van der Waals surface area contributed by atoms with Crippen LogP contribution in [-0.4, -0.2) is 19.1 Å². The van der Waals surface area contributed by atoms with Crippen LogP contribution >= 0.6 is 0 Å². The van der Waals surface area contributed by atoms with Crippen LogP contribution in [0.5, 0.6) is 0 Å². The molecule has 0 spiro atoms. The van der Waals surface area contributed by atoms with Gasteiger partial charge in [-0.05, 0) is 82.9 Å². The minimum absolute atomic E-state index is 0.644. The van der Waals surface area contributed by atoms with Gasteiger partial charge >= 0.3 is 0 Å². The van der Waals surface area contributed by atoms with E-state index in [9.17, 15) is 0 Å². The highest BCUT2D eigenvalue weighted by atomic mass is 16.3. The normalized spacial score (nSPS) is 12.1. The van der Waals surface area contributed by atoms with Crippen LogP contribution in [0.25, 0.3) is 133 Å². The molecule has 14 aromatic rings. The molecular formula is C58H34N4O2. The maximum absolute atomic E-state index is 6.67. The number of hydrogen-bond donors (Lipinski definition) is 0. The lowest BCUT2D eigenvalue weighted by atomic mass is 9.99. The number of nitrogens with zero attached hydrogens (tertiary/aromatic N) is 4. The molecule has 0 unspecified atom stereocenters. The van der Waals surface area contributed by atoms with Crippen molar-refractivity contribution < 1.29 is 8.83 Å². The van der Waals surface area contributed by atoms with E-state index in [4.69, 9.17) is 18.8 Å². The van der Waals surface area contributed by atoms with Crippen molar-refractivity contribution in [2.75, 3.05) is 0 Å². The quantitative estimate of drug-likeness (QED) is 0.174. The summed E-state index contributed by atoms with van der Waals surface area (Å²) in [6.07, 6.45) is 1.65. The molecule has 0 bridgehead atoms. The van der Waals surface area contributed by atoms with Gasteiger partial charge in [0, 0.05) is 54.6 Å². The predicted molar refractivity (Wildman–Crippen MR) is 262 cm³/mol. The Morgan fingerprint density at radius 1 is 0.359 bits per heavy atom. The van der Waals surface area contributed by atoms with Crippen LogP contribution in [-0.2, 0) is 0 Å². The molecule has 0 aliphatic carbocycles. The monoisotopic (exact) mass is 818 g/mol. The number of benzene rings is 9. The molecule has 0 aliphatic rings. The van der Waals surface area contributed by atoms with E-state index in [2.05, 4.69) is 185 Å². The number of hydrogen-bond acceptors (Lipinski definition) is 4. The molecule has 5 aromatic heterocycles. The second-order valence-electron chi connectivity index (χ2n) is 16.5. The molecule has 0 saturated carbocycles. The Kier molecular flexibility index (Phi) is 7.30. The molecule has 0 radical (unpaired) electrons. The third kappa shape index (κ3) is 5.02. The Morgan fingerprint density at radius 2 is 0.953 bits per heavy atom. The van der Waals surface area contributed by atoms with E-state index in [-0.39, 0.29) is 0 Å². The van der Waals surface area contributed by atoms with E-state index < -0.39 is 0 Å². The van der Waals surface area contributed by atoms with Crippen LogP contribution in [0, 0.1) is 0 Å². The summed E-state index contributed by atoms with van der Waals surface area (Å²) in [6.45, 7) is 0. The highest BCUT2D eigenvalue weighted by Gasteiger charge is 2.24. The maximum Gasteiger partial charge on any atom is 0.180 e. The molecule has 0 N–H and O–H groups in total. The molecule has 0 saturated heterocycles. The largest absolute Gasteiger partial charge is 0.456 e. The topological polar surface area (TPSA) is 61.9 Å². The maximum atomic E-state index is 6.67. The Labute approximate surface area is 365 Å². The van der Waals surface area contributed by atoms with Crippen LogP contribution in [0.1, 0.15) is 0 Å². The summed E-state index contributed by atoms with van der Waals surface area (Å²) in [5, 5.41) is 7.73. The minimum Gasteiger partial charge on any atom is -0.456 e. The lowest BCUT2D eigenvalue weighted by molar-refractivity contribution is 0.667. The zero-order chi connectivity index (χ0) is 41.9. The van der Waals surface area contributed by atoms with E-state index >= 15 is 0 Å². The van der Waals surface area contributed by atoms with Crippen molar-refractivity contribution in [3.8, 4) is 44.9 Å². The standard InChI is InChI=1S/C58H34N4O2/c1-3-12-35(13-4-1)36-22-24-37(25-23-36)38-26-30-51-47(32-38)55-58(64-51)54(59-34-60-55)45-18-11-21-52-53(45)46-33-40(27-31-50(46)63-52)62-49-20-10-8-17-42(49)44-29-28-43-41-16-7-9-19-48(41)61(56(43)57(44)62)39-14-5-2-6-15-39/h1-34H. The van der Waals surface area contributed by atoms with Crippen LogP contribution in [0.4, 0.5) is 0 Å². The van der Waals surface area contributed by atoms with Gasteiger partial charge in [0.2, 0.25) is 0 Å². The van der Waals surface area contributed by atoms with Gasteiger partial charge in [-0.3, -0.25) is 0 Å². The average molecular weight is 819 g/mol. The number of aromatic nitrogens is 4. The third-order valence-corrected chi connectivity index (χ3v) is 13.1. The fourth-order valence-electron chi connectivity index (χ4n) is 10.2. The molecule has 0 aliphatic heterocycles. The predicted octanol–water partition coefficient (Wildman–Crippen LogP) is 15.5. The van der Waals surface area contributed by atoms with Crippen molar-refractivity contribution >= 4 is 87.6 Å². The van der Waals surface area contributed by atoms with E-state index in [0.29, 0.717) is 5.58 Å². The first kappa shape index (κ1) is 34.9. The zero-order valence-electron chi connectivity index (χ0n) is 34.2. The van der Waals surface area contributed by atoms with Crippen molar-refractivity contribution in [1.29, 1.82) is 0 Å². The van der Waals surface area contributed by atoms with Crippen LogP contribution in [0.15, 0.2) is 215 Å². The lowest BCUT2D eigenvalue weighted by Crippen LogP contribution is -1.98. The van der Waals surface area contributed by atoms with Crippen molar-refractivity contribution in [1.82, 2.24) is 19.1 Å². The summed E-state index contributed by atoms with van der Waals surface area (Å²) < 4.78 is 18.2. The Bertz CT molecular complexity index is 4180. The van der Waals surface area contributed by atoms with Gasteiger partial charge in [-0.2, -0.15) is 0 Å². The third-order valence-electron chi connectivity index (χ3n) is 13.1. The summed E-state index contributed by atoms with van der Waals surface area (Å²) in [4.78, 5) is 9.74. The van der Waals surface area contributed by atoms with E-state index in [0.717, 1.165) is 83.2 Å². The van der Waals surface area contributed by atoms with Gasteiger partial charge in [-0.15, -0.1) is 0 Å². The van der Waals surface area contributed by atoms with E-state index in [1.165, 1.54) is 43.7 Å². The second kappa shape index (κ2) is 13.4. The van der Waals surface area contributed by atoms with Crippen LogP contribution < -0.4 is 0 Å². The number of furan rings is 2. The molecule has 6 heteroatoms. The summed E-state index contributed by atoms with van der Waals surface area (Å²) in [6, 6.07) is 70.9. The lowest BCUT2D eigenvalue weighted by Gasteiger charge is -2.12. The molecule has 6 nitrogen and oxygen atoms in total. The smallest absolute Gasteiger partial charge is 0.180 e. The van der Waals surface area contributed by atoms with E-state index in [1.54, 1.807) is 6.33 Å². The zero-order valence-corrected chi connectivity index (χ0v) is 34.2. The van der Waals surface area contributed by atoms with Crippen LogP contribution in [0.3, 0.4) is 0 Å². The Hall–Kier alpha value is -8.74. The first-order chi connectivity index (χ1) is 31.7. The van der Waals surface area contributed by atoms with Crippen molar-refractivity contribution in [2.45, 2.75) is 0 Å². The van der Waals surface area contributed by atoms with E-state index in [1.807, 2.05) is 24.3 Å². The molecular weight excluding hydrogens is 785 g/mol. The highest BCUT2D eigenvalue weighted by Crippen LogP contribution is 2.45. The van der Waals surface area contributed by atoms with Gasteiger partial charge in [-0.1, -0.05) is 140 Å². The second-order valence-corrected chi connectivity index (χ2v) is 16.5. The molecule has 0 atom stereocenters. The molecule has 0 amide bonds. The Morgan fingerprint density at radius 3 is 1.69 bits per heavy atom. The SMILES string of the molecule is c1ccc(-c2ccc(-c3ccc4oc5c(-c6cccc7oc8ccc(-n9c%10ccccc%10c%10ccc%11c%12ccccc%12n(-c%12ccccc%12)c%11c%109)cc8c67)ncnc5c4c3)cc2)cc1. The minimum atomic E-state index is 0.644. The fraction of sp³-hybridized carbons (Fsp3) is 0. The first-order valence-corrected chi connectivity index (χ1v) is 21.5. The van der Waals surface area contributed by atoms with Crippen LogP contribution in [0.2, 0.25) is 0 Å². The first-order valence-electron chi connectivity index (χ1n) is 21.5. The Balaban J connectivity index is 0.971. The van der Waals surface area contributed by atoms with Gasteiger partial charge in [0.1, 0.15) is 34.3 Å². The molecule has 14 rings (SSSR count). The van der Waals surface area contributed by atoms with Crippen molar-refractivity contribution in [3.05, 3.63) is 207 Å². The summed E-state index contributed by atoms with van der Waals surface area (Å²) in [5.41, 5.74) is 16.8. The molecule has 64 heavy (non-hydrogen) atoms. The number of rotatable bonds is 5. The fourth-order valence-corrected chi connectivity index (χ4v) is 10.2. The van der Waals surface area contributed by atoms with Crippen molar-refractivity contribution in [2.24, 2.45) is 0 Å². The van der Waals surface area contributed by atoms with Gasteiger partial charge < -0.3 is 18.0 Å². The molecule has 5 heterocycles. The van der Waals surface area contributed by atoms with Crippen molar-refractivity contribution in [3.63, 3.8) is 0 Å². The van der Waals surface area contributed by atoms with Gasteiger partial charge in [-0.25, -0.2) is 9.97 Å². The molecule has 0 fully saturated rings. The number of para-hydroxylation sites is 3. The summed E-state index contributed by atoms with van der Waals surface area (Å²) in [5.74, 6) is 0. The summed E-state index contributed by atoms with van der Waals surface area (Å²) >= 11 is 0. The highest BCUT2D eigenvalue weighted by molar-refractivity contribution is 6.24. The molecule has 9 aromatic carbocycles. The van der Waals surface area contributed by atoms with Gasteiger partial charge in [0.05, 0.1) is 22.1 Å². The summed E-state index contributed by atoms with van der Waals surface area (Å²) in [7, 11) is 0.